The van der Waals surface area contributed by atoms with Crippen molar-refractivity contribution >= 4 is 40.7 Å². The SMILES string of the molecule is C#Cc1cccc(N(CC(=O)NC)C(=O)COc2ccc(Cl)cc2Cl)c1. The van der Waals surface area contributed by atoms with Crippen LogP contribution in [0, 0.1) is 12.3 Å². The molecule has 2 aromatic rings. The van der Waals surface area contributed by atoms with Gasteiger partial charge in [-0.2, -0.15) is 0 Å². The Hall–Kier alpha value is -2.68. The van der Waals surface area contributed by atoms with Crippen LogP contribution in [0.15, 0.2) is 42.5 Å². The molecule has 0 aliphatic heterocycles. The second-order valence-electron chi connectivity index (χ2n) is 5.21. The van der Waals surface area contributed by atoms with E-state index in [4.69, 9.17) is 34.4 Å². The summed E-state index contributed by atoms with van der Waals surface area (Å²) in [6.07, 6.45) is 5.40. The van der Waals surface area contributed by atoms with Gasteiger partial charge in [-0.05, 0) is 36.4 Å². The number of hydrogen-bond donors (Lipinski definition) is 1. The van der Waals surface area contributed by atoms with Gasteiger partial charge in [-0.3, -0.25) is 9.59 Å². The van der Waals surface area contributed by atoms with Gasteiger partial charge in [0.05, 0.1) is 5.02 Å². The predicted octanol–water partition coefficient (Wildman–Crippen LogP) is 3.13. The van der Waals surface area contributed by atoms with Crippen LogP contribution in [-0.2, 0) is 9.59 Å². The minimum absolute atomic E-state index is 0.166. The summed E-state index contributed by atoms with van der Waals surface area (Å²) >= 11 is 11.9. The number of nitrogens with zero attached hydrogens (tertiary/aromatic N) is 1. The van der Waals surface area contributed by atoms with Crippen molar-refractivity contribution in [2.24, 2.45) is 0 Å². The van der Waals surface area contributed by atoms with Crippen molar-refractivity contribution in [3.8, 4) is 18.1 Å². The minimum atomic E-state index is -0.422. The molecule has 26 heavy (non-hydrogen) atoms. The number of nitrogens with one attached hydrogen (secondary N) is 1. The summed E-state index contributed by atoms with van der Waals surface area (Å²) in [7, 11) is 1.49. The summed E-state index contributed by atoms with van der Waals surface area (Å²) in [6.45, 7) is -0.473. The second kappa shape index (κ2) is 9.14. The fourth-order valence-electron chi connectivity index (χ4n) is 2.12. The average Bonchev–Trinajstić information content (AvgIpc) is 2.64. The van der Waals surface area contributed by atoms with E-state index in [2.05, 4.69) is 11.2 Å². The number of ether oxygens (including phenoxy) is 1. The molecule has 7 heteroatoms. The number of carbonyl (C=O) groups is 2. The Morgan fingerprint density at radius 1 is 1.23 bits per heavy atom. The van der Waals surface area contributed by atoms with E-state index in [-0.39, 0.29) is 24.1 Å². The Morgan fingerprint density at radius 2 is 2.00 bits per heavy atom. The molecule has 2 amide bonds. The van der Waals surface area contributed by atoms with Gasteiger partial charge in [0.25, 0.3) is 5.91 Å². The van der Waals surface area contributed by atoms with Crippen LogP contribution in [0.2, 0.25) is 10.0 Å². The third-order valence-electron chi connectivity index (χ3n) is 3.45. The van der Waals surface area contributed by atoms with Crippen molar-refractivity contribution in [1.82, 2.24) is 5.32 Å². The molecular formula is C19H16Cl2N2O3. The molecule has 2 rings (SSSR count). The Bertz CT molecular complexity index is 862. The molecule has 0 saturated carbocycles. The number of halogens is 2. The normalized spacial score (nSPS) is 9.92. The molecule has 1 N–H and O–H groups in total. The van der Waals surface area contributed by atoms with Crippen LogP contribution < -0.4 is 15.0 Å². The van der Waals surface area contributed by atoms with E-state index in [0.717, 1.165) is 0 Å². The molecule has 134 valence electrons. The third-order valence-corrected chi connectivity index (χ3v) is 3.98. The highest BCUT2D eigenvalue weighted by atomic mass is 35.5. The summed E-state index contributed by atoms with van der Waals surface area (Å²) in [6, 6.07) is 11.5. The number of carbonyl (C=O) groups excluding carboxylic acids is 2. The van der Waals surface area contributed by atoms with E-state index in [0.29, 0.717) is 22.0 Å². The van der Waals surface area contributed by atoms with Gasteiger partial charge in [0, 0.05) is 23.3 Å². The lowest BCUT2D eigenvalue weighted by molar-refractivity contribution is -0.124. The largest absolute Gasteiger partial charge is 0.482 e. The van der Waals surface area contributed by atoms with E-state index in [1.54, 1.807) is 36.4 Å². The molecule has 0 spiro atoms. The first-order valence-electron chi connectivity index (χ1n) is 7.60. The van der Waals surface area contributed by atoms with Gasteiger partial charge >= 0.3 is 0 Å². The Labute approximate surface area is 161 Å². The fraction of sp³-hybridized carbons (Fsp3) is 0.158. The van der Waals surface area contributed by atoms with Crippen LogP contribution in [0.25, 0.3) is 0 Å². The highest BCUT2D eigenvalue weighted by Crippen LogP contribution is 2.27. The molecule has 0 fully saturated rings. The quantitative estimate of drug-likeness (QED) is 0.770. The molecule has 0 atom stereocenters. The molecule has 0 unspecified atom stereocenters. The Kier molecular flexibility index (Phi) is 6.90. The highest BCUT2D eigenvalue weighted by Gasteiger charge is 2.20. The zero-order valence-corrected chi connectivity index (χ0v) is 15.5. The first-order chi connectivity index (χ1) is 12.4. The van der Waals surface area contributed by atoms with Crippen LogP contribution >= 0.6 is 23.2 Å². The third kappa shape index (κ3) is 5.16. The van der Waals surface area contributed by atoms with E-state index in [9.17, 15) is 9.59 Å². The second-order valence-corrected chi connectivity index (χ2v) is 6.05. The van der Waals surface area contributed by atoms with Gasteiger partial charge in [0.2, 0.25) is 5.91 Å². The van der Waals surface area contributed by atoms with Crippen molar-refractivity contribution in [2.45, 2.75) is 0 Å². The molecule has 0 radical (unpaired) electrons. The van der Waals surface area contributed by atoms with E-state index in [1.165, 1.54) is 18.0 Å². The molecule has 0 heterocycles. The van der Waals surface area contributed by atoms with Crippen LogP contribution in [0.3, 0.4) is 0 Å². The maximum Gasteiger partial charge on any atom is 0.265 e. The highest BCUT2D eigenvalue weighted by molar-refractivity contribution is 6.35. The van der Waals surface area contributed by atoms with Crippen molar-refractivity contribution in [3.63, 3.8) is 0 Å². The summed E-state index contributed by atoms with van der Waals surface area (Å²) in [5, 5.41) is 3.24. The number of anilines is 1. The number of terminal acetylenes is 1. The van der Waals surface area contributed by atoms with Gasteiger partial charge in [-0.1, -0.05) is 35.2 Å². The van der Waals surface area contributed by atoms with E-state index in [1.807, 2.05) is 0 Å². The van der Waals surface area contributed by atoms with Crippen LogP contribution in [-0.4, -0.2) is 32.0 Å². The minimum Gasteiger partial charge on any atom is -0.482 e. The Morgan fingerprint density at radius 3 is 2.65 bits per heavy atom. The van der Waals surface area contributed by atoms with Crippen LogP contribution in [0.4, 0.5) is 5.69 Å². The van der Waals surface area contributed by atoms with Gasteiger partial charge in [0.1, 0.15) is 12.3 Å². The van der Waals surface area contributed by atoms with Crippen molar-refractivity contribution < 1.29 is 14.3 Å². The molecule has 0 aliphatic rings. The maximum atomic E-state index is 12.6. The van der Waals surface area contributed by atoms with E-state index < -0.39 is 5.91 Å². The van der Waals surface area contributed by atoms with Crippen LogP contribution in [0.1, 0.15) is 5.56 Å². The lowest BCUT2D eigenvalue weighted by Gasteiger charge is -2.22. The predicted molar refractivity (Wildman–Crippen MR) is 103 cm³/mol. The lowest BCUT2D eigenvalue weighted by Crippen LogP contribution is -2.42. The zero-order chi connectivity index (χ0) is 19.1. The first kappa shape index (κ1) is 19.6. The molecule has 0 bridgehead atoms. The molecule has 0 aromatic heterocycles. The topological polar surface area (TPSA) is 58.6 Å². The van der Waals surface area contributed by atoms with Crippen molar-refractivity contribution in [1.29, 1.82) is 0 Å². The molecule has 0 saturated heterocycles. The molecular weight excluding hydrogens is 375 g/mol. The fourth-order valence-corrected chi connectivity index (χ4v) is 2.58. The van der Waals surface area contributed by atoms with Crippen molar-refractivity contribution in [3.05, 3.63) is 58.1 Å². The number of rotatable bonds is 6. The number of amides is 2. The Balaban J connectivity index is 2.19. The molecule has 0 aliphatic carbocycles. The average molecular weight is 391 g/mol. The van der Waals surface area contributed by atoms with Gasteiger partial charge in [-0.25, -0.2) is 0 Å². The van der Waals surface area contributed by atoms with E-state index >= 15 is 0 Å². The smallest absolute Gasteiger partial charge is 0.265 e. The number of likely N-dealkylation sites (N-methyl/N-ethyl adjacent to an activating group) is 1. The van der Waals surface area contributed by atoms with Gasteiger partial charge < -0.3 is 15.0 Å². The number of benzene rings is 2. The van der Waals surface area contributed by atoms with Gasteiger partial charge in [0.15, 0.2) is 6.61 Å². The zero-order valence-electron chi connectivity index (χ0n) is 14.0. The van der Waals surface area contributed by atoms with Gasteiger partial charge in [-0.15, -0.1) is 6.42 Å². The maximum absolute atomic E-state index is 12.6. The lowest BCUT2D eigenvalue weighted by atomic mass is 10.2. The summed E-state index contributed by atoms with van der Waals surface area (Å²) in [4.78, 5) is 25.7. The first-order valence-corrected chi connectivity index (χ1v) is 8.35. The summed E-state index contributed by atoms with van der Waals surface area (Å²) in [5.74, 6) is 2.07. The summed E-state index contributed by atoms with van der Waals surface area (Å²) in [5.41, 5.74) is 1.10. The molecule has 5 nitrogen and oxygen atoms in total. The monoisotopic (exact) mass is 390 g/mol. The van der Waals surface area contributed by atoms with Crippen molar-refractivity contribution in [2.75, 3.05) is 25.1 Å². The standard InChI is InChI=1S/C19H16Cl2N2O3/c1-3-13-5-4-6-15(9-13)23(11-18(24)22-2)19(25)12-26-17-8-7-14(20)10-16(17)21/h1,4-10H,11-12H2,2H3,(H,22,24). The molecule has 2 aromatic carbocycles. The number of hydrogen-bond acceptors (Lipinski definition) is 3. The summed E-state index contributed by atoms with van der Waals surface area (Å²) < 4.78 is 5.47. The van der Waals surface area contributed by atoms with Crippen LogP contribution in [0.5, 0.6) is 5.75 Å².